The highest BCUT2D eigenvalue weighted by molar-refractivity contribution is 5.32. The van der Waals surface area contributed by atoms with Crippen LogP contribution < -0.4 is 0 Å². The number of nitro groups is 1. The Morgan fingerprint density at radius 2 is 2.21 bits per heavy atom. The van der Waals surface area contributed by atoms with Crippen LogP contribution in [0.4, 0.5) is 5.69 Å². The SMILES string of the molecule is Cc1ccc(C)c([C@H](O)Cn2cc([N+](=O)[O-])cn2)c1. The smallest absolute Gasteiger partial charge is 0.306 e. The summed E-state index contributed by atoms with van der Waals surface area (Å²) in [7, 11) is 0. The molecule has 0 aliphatic carbocycles. The molecule has 0 unspecified atom stereocenters. The number of aliphatic hydroxyl groups is 1. The molecular weight excluding hydrogens is 246 g/mol. The van der Waals surface area contributed by atoms with Crippen LogP contribution in [0.5, 0.6) is 0 Å². The minimum absolute atomic E-state index is 0.0758. The van der Waals surface area contributed by atoms with Crippen molar-refractivity contribution in [2.24, 2.45) is 0 Å². The minimum Gasteiger partial charge on any atom is -0.386 e. The largest absolute Gasteiger partial charge is 0.386 e. The zero-order valence-electron chi connectivity index (χ0n) is 10.8. The van der Waals surface area contributed by atoms with E-state index in [0.717, 1.165) is 16.7 Å². The van der Waals surface area contributed by atoms with Gasteiger partial charge in [-0.3, -0.25) is 14.8 Å². The molecule has 0 radical (unpaired) electrons. The van der Waals surface area contributed by atoms with E-state index in [-0.39, 0.29) is 12.2 Å². The molecule has 19 heavy (non-hydrogen) atoms. The number of hydrogen-bond acceptors (Lipinski definition) is 4. The van der Waals surface area contributed by atoms with Crippen LogP contribution in [-0.2, 0) is 6.54 Å². The molecule has 1 atom stereocenters. The van der Waals surface area contributed by atoms with E-state index in [0.29, 0.717) is 0 Å². The molecule has 0 fully saturated rings. The summed E-state index contributed by atoms with van der Waals surface area (Å²) >= 11 is 0. The predicted octanol–water partition coefficient (Wildman–Crippen LogP) is 2.14. The van der Waals surface area contributed by atoms with Crippen molar-refractivity contribution in [3.63, 3.8) is 0 Å². The third kappa shape index (κ3) is 2.97. The van der Waals surface area contributed by atoms with Gasteiger partial charge in [0.1, 0.15) is 12.4 Å². The molecular formula is C13H15N3O3. The van der Waals surface area contributed by atoms with E-state index in [2.05, 4.69) is 5.10 Å². The monoisotopic (exact) mass is 261 g/mol. The van der Waals surface area contributed by atoms with Gasteiger partial charge in [0.15, 0.2) is 0 Å². The van der Waals surface area contributed by atoms with Crippen LogP contribution in [-0.4, -0.2) is 19.8 Å². The number of aryl methyl sites for hydroxylation is 2. The van der Waals surface area contributed by atoms with Gasteiger partial charge in [0.25, 0.3) is 0 Å². The molecule has 0 bridgehead atoms. The predicted molar refractivity (Wildman–Crippen MR) is 69.8 cm³/mol. The molecule has 2 aromatic rings. The third-order valence-corrected chi connectivity index (χ3v) is 2.98. The second kappa shape index (κ2) is 5.19. The second-order valence-electron chi connectivity index (χ2n) is 4.55. The summed E-state index contributed by atoms with van der Waals surface area (Å²) in [6, 6.07) is 5.83. The molecule has 0 spiro atoms. The average Bonchev–Trinajstić information content (AvgIpc) is 2.80. The Labute approximate surface area is 110 Å². The minimum atomic E-state index is -0.737. The lowest BCUT2D eigenvalue weighted by atomic mass is 10.0. The molecule has 1 heterocycles. The van der Waals surface area contributed by atoms with Gasteiger partial charge in [-0.1, -0.05) is 23.8 Å². The first-order chi connectivity index (χ1) is 8.97. The van der Waals surface area contributed by atoms with Gasteiger partial charge in [-0.15, -0.1) is 0 Å². The molecule has 6 heteroatoms. The van der Waals surface area contributed by atoms with Gasteiger partial charge >= 0.3 is 5.69 Å². The maximum atomic E-state index is 10.6. The van der Waals surface area contributed by atoms with Crippen LogP contribution in [0.2, 0.25) is 0 Å². The summed E-state index contributed by atoms with van der Waals surface area (Å²) in [5.74, 6) is 0. The van der Waals surface area contributed by atoms with Crippen LogP contribution in [0, 0.1) is 24.0 Å². The highest BCUT2D eigenvalue weighted by Crippen LogP contribution is 2.21. The highest BCUT2D eigenvalue weighted by Gasteiger charge is 2.14. The van der Waals surface area contributed by atoms with Crippen LogP contribution in [0.15, 0.2) is 30.6 Å². The van der Waals surface area contributed by atoms with Crippen molar-refractivity contribution in [2.45, 2.75) is 26.5 Å². The Morgan fingerprint density at radius 1 is 1.47 bits per heavy atom. The van der Waals surface area contributed by atoms with Gasteiger partial charge in [0.2, 0.25) is 0 Å². The maximum absolute atomic E-state index is 10.6. The van der Waals surface area contributed by atoms with E-state index in [1.54, 1.807) is 0 Å². The van der Waals surface area contributed by atoms with Crippen LogP contribution >= 0.6 is 0 Å². The Hall–Kier alpha value is -2.21. The number of nitrogens with zero attached hydrogens (tertiary/aromatic N) is 3. The zero-order valence-corrected chi connectivity index (χ0v) is 10.8. The fourth-order valence-corrected chi connectivity index (χ4v) is 1.94. The fraction of sp³-hybridized carbons (Fsp3) is 0.308. The topological polar surface area (TPSA) is 81.2 Å². The Morgan fingerprint density at radius 3 is 2.84 bits per heavy atom. The number of rotatable bonds is 4. The van der Waals surface area contributed by atoms with Gasteiger partial charge in [-0.25, -0.2) is 0 Å². The lowest BCUT2D eigenvalue weighted by Gasteiger charge is -2.14. The van der Waals surface area contributed by atoms with E-state index in [4.69, 9.17) is 0 Å². The van der Waals surface area contributed by atoms with Crippen LogP contribution in [0.1, 0.15) is 22.8 Å². The van der Waals surface area contributed by atoms with Gasteiger partial charge < -0.3 is 5.11 Å². The summed E-state index contributed by atoms with van der Waals surface area (Å²) in [5.41, 5.74) is 2.79. The van der Waals surface area contributed by atoms with Gasteiger partial charge in [0, 0.05) is 0 Å². The van der Waals surface area contributed by atoms with Crippen molar-refractivity contribution in [1.82, 2.24) is 9.78 Å². The average molecular weight is 261 g/mol. The molecule has 6 nitrogen and oxygen atoms in total. The van der Waals surface area contributed by atoms with E-state index >= 15 is 0 Å². The van der Waals surface area contributed by atoms with Gasteiger partial charge in [-0.2, -0.15) is 5.10 Å². The van der Waals surface area contributed by atoms with Gasteiger partial charge in [-0.05, 0) is 25.0 Å². The zero-order chi connectivity index (χ0) is 14.0. The number of benzene rings is 1. The molecule has 1 aromatic carbocycles. The third-order valence-electron chi connectivity index (χ3n) is 2.98. The first-order valence-corrected chi connectivity index (χ1v) is 5.89. The first-order valence-electron chi connectivity index (χ1n) is 5.89. The normalized spacial score (nSPS) is 12.4. The highest BCUT2D eigenvalue weighted by atomic mass is 16.6. The number of aromatic nitrogens is 2. The quantitative estimate of drug-likeness (QED) is 0.675. The van der Waals surface area contributed by atoms with E-state index in [1.165, 1.54) is 17.1 Å². The Balaban J connectivity index is 2.17. The molecule has 0 saturated carbocycles. The van der Waals surface area contributed by atoms with Crippen LogP contribution in [0.3, 0.4) is 0 Å². The molecule has 0 amide bonds. The fourth-order valence-electron chi connectivity index (χ4n) is 1.94. The van der Waals surface area contributed by atoms with Crippen molar-refractivity contribution in [2.75, 3.05) is 0 Å². The molecule has 0 aliphatic heterocycles. The van der Waals surface area contributed by atoms with Crippen molar-refractivity contribution in [1.29, 1.82) is 0 Å². The summed E-state index contributed by atoms with van der Waals surface area (Å²) < 4.78 is 1.38. The van der Waals surface area contributed by atoms with E-state index in [9.17, 15) is 15.2 Å². The molecule has 100 valence electrons. The van der Waals surface area contributed by atoms with Crippen molar-refractivity contribution >= 4 is 5.69 Å². The molecule has 0 saturated heterocycles. The van der Waals surface area contributed by atoms with E-state index < -0.39 is 11.0 Å². The van der Waals surface area contributed by atoms with Gasteiger partial charge in [0.05, 0.1) is 17.6 Å². The standard InChI is InChI=1S/C13H15N3O3/c1-9-3-4-10(2)12(5-9)13(17)8-15-7-11(6-14-15)16(18)19/h3-7,13,17H,8H2,1-2H3/t13-/m1/s1. The van der Waals surface area contributed by atoms with E-state index in [1.807, 2.05) is 32.0 Å². The summed E-state index contributed by atoms with van der Waals surface area (Å²) in [5, 5.41) is 24.6. The molecule has 1 N–H and O–H groups in total. The summed E-state index contributed by atoms with van der Waals surface area (Å²) in [6.45, 7) is 4.07. The Bertz CT molecular complexity index is 607. The van der Waals surface area contributed by atoms with Crippen LogP contribution in [0.25, 0.3) is 0 Å². The van der Waals surface area contributed by atoms with Crippen molar-refractivity contribution < 1.29 is 10.0 Å². The molecule has 1 aromatic heterocycles. The van der Waals surface area contributed by atoms with Crippen molar-refractivity contribution in [3.8, 4) is 0 Å². The molecule has 0 aliphatic rings. The first kappa shape index (κ1) is 13.2. The number of hydrogen-bond donors (Lipinski definition) is 1. The lowest BCUT2D eigenvalue weighted by Crippen LogP contribution is -2.10. The second-order valence-corrected chi connectivity index (χ2v) is 4.55. The van der Waals surface area contributed by atoms with Crippen molar-refractivity contribution in [3.05, 3.63) is 57.4 Å². The number of aliphatic hydroxyl groups excluding tert-OH is 1. The summed E-state index contributed by atoms with van der Waals surface area (Å²) in [4.78, 5) is 10.1. The maximum Gasteiger partial charge on any atom is 0.306 e. The lowest BCUT2D eigenvalue weighted by molar-refractivity contribution is -0.385. The summed E-state index contributed by atoms with van der Waals surface area (Å²) in [6.07, 6.45) is 1.75. The molecule has 2 rings (SSSR count). The Kier molecular flexibility index (Phi) is 3.62.